The Morgan fingerprint density at radius 2 is 2.05 bits per heavy atom. The largest absolute Gasteiger partial charge is 0.482 e. The maximum absolute atomic E-state index is 12.1. The van der Waals surface area contributed by atoms with Crippen molar-refractivity contribution < 1.29 is 14.3 Å². The first kappa shape index (κ1) is 16.4. The summed E-state index contributed by atoms with van der Waals surface area (Å²) in [6.07, 6.45) is 0.585. The van der Waals surface area contributed by atoms with Gasteiger partial charge in [0.1, 0.15) is 5.75 Å². The van der Waals surface area contributed by atoms with Crippen LogP contribution in [-0.4, -0.2) is 50.3 Å². The Labute approximate surface area is 133 Å². The quantitative estimate of drug-likeness (QED) is 0.891. The van der Waals surface area contributed by atoms with Crippen LogP contribution in [0.25, 0.3) is 0 Å². The van der Waals surface area contributed by atoms with E-state index in [1.54, 1.807) is 17.0 Å². The smallest absolute Gasteiger partial charge is 0.260 e. The molecule has 1 fully saturated rings. The molecule has 0 atom stereocenters. The van der Waals surface area contributed by atoms with E-state index in [4.69, 9.17) is 38.4 Å². The highest BCUT2D eigenvalue weighted by Gasteiger charge is 2.18. The van der Waals surface area contributed by atoms with Gasteiger partial charge < -0.3 is 20.1 Å². The van der Waals surface area contributed by atoms with Gasteiger partial charge in [0.15, 0.2) is 6.61 Å². The average Bonchev–Trinajstić information content (AvgIpc) is 2.47. The molecule has 2 N–H and O–H groups in total. The molecular weight excluding hydrogens is 315 g/mol. The summed E-state index contributed by atoms with van der Waals surface area (Å²) in [6, 6.07) is 3.35. The van der Waals surface area contributed by atoms with Crippen molar-refractivity contribution in [3.8, 4) is 5.75 Å². The molecule has 0 spiro atoms. The molecule has 1 amide bonds. The molecule has 1 saturated heterocycles. The topological polar surface area (TPSA) is 64.8 Å². The number of morpholine rings is 1. The number of carbonyl (C=O) groups excluding carboxylic acids is 1. The van der Waals surface area contributed by atoms with Crippen LogP contribution in [0.3, 0.4) is 0 Å². The summed E-state index contributed by atoms with van der Waals surface area (Å²) in [4.78, 5) is 13.8. The third-order valence-electron chi connectivity index (χ3n) is 3.20. The van der Waals surface area contributed by atoms with Crippen molar-refractivity contribution in [2.75, 3.05) is 39.5 Å². The molecule has 0 saturated carbocycles. The second kappa shape index (κ2) is 7.84. The van der Waals surface area contributed by atoms with Crippen LogP contribution in [0, 0.1) is 0 Å². The van der Waals surface area contributed by atoms with E-state index in [2.05, 4.69) is 0 Å². The predicted molar refractivity (Wildman–Crippen MR) is 82.1 cm³/mol. The van der Waals surface area contributed by atoms with E-state index < -0.39 is 0 Å². The summed E-state index contributed by atoms with van der Waals surface area (Å²) in [5, 5.41) is 0.913. The molecule has 0 radical (unpaired) electrons. The maximum atomic E-state index is 12.1. The number of amides is 1. The first-order valence-corrected chi connectivity index (χ1v) is 7.53. The van der Waals surface area contributed by atoms with Crippen LogP contribution in [0.15, 0.2) is 12.1 Å². The van der Waals surface area contributed by atoms with Gasteiger partial charge in [-0.25, -0.2) is 0 Å². The van der Waals surface area contributed by atoms with Crippen LogP contribution in [0.5, 0.6) is 5.75 Å². The third kappa shape index (κ3) is 4.48. The Bertz CT molecular complexity index is 505. The van der Waals surface area contributed by atoms with E-state index >= 15 is 0 Å². The van der Waals surface area contributed by atoms with Crippen molar-refractivity contribution in [2.45, 2.75) is 6.42 Å². The highest BCUT2D eigenvalue weighted by Crippen LogP contribution is 2.32. The molecule has 0 bridgehead atoms. The molecule has 116 valence electrons. The standard InChI is InChI=1S/C14H18Cl2N2O3/c15-11-7-10(1-2-17)14(12(16)8-11)21-9-13(19)18-3-5-20-6-4-18/h7-8H,1-6,9,17H2. The van der Waals surface area contributed by atoms with Crippen LogP contribution in [0.1, 0.15) is 5.56 Å². The van der Waals surface area contributed by atoms with Gasteiger partial charge in [0.05, 0.1) is 18.2 Å². The number of nitrogens with zero attached hydrogens (tertiary/aromatic N) is 1. The molecule has 5 nitrogen and oxygen atoms in total. The minimum atomic E-state index is -0.0805. The number of nitrogens with two attached hydrogens (primary N) is 1. The maximum Gasteiger partial charge on any atom is 0.260 e. The number of rotatable bonds is 5. The van der Waals surface area contributed by atoms with Crippen LogP contribution in [0.2, 0.25) is 10.0 Å². The zero-order chi connectivity index (χ0) is 15.2. The minimum Gasteiger partial charge on any atom is -0.482 e. The van der Waals surface area contributed by atoms with Crippen molar-refractivity contribution in [1.82, 2.24) is 4.90 Å². The number of benzene rings is 1. The fourth-order valence-corrected chi connectivity index (χ4v) is 2.74. The number of hydrogen-bond donors (Lipinski definition) is 1. The molecule has 0 aliphatic carbocycles. The summed E-state index contributed by atoms with van der Waals surface area (Å²) >= 11 is 12.1. The number of carbonyl (C=O) groups is 1. The zero-order valence-corrected chi connectivity index (χ0v) is 13.1. The predicted octanol–water partition coefficient (Wildman–Crippen LogP) is 1.73. The number of ether oxygens (including phenoxy) is 2. The number of halogens is 2. The summed E-state index contributed by atoms with van der Waals surface area (Å²) in [5.41, 5.74) is 6.38. The lowest BCUT2D eigenvalue weighted by atomic mass is 10.1. The van der Waals surface area contributed by atoms with Crippen molar-refractivity contribution in [3.05, 3.63) is 27.7 Å². The van der Waals surface area contributed by atoms with Gasteiger partial charge in [-0.05, 0) is 30.7 Å². The van der Waals surface area contributed by atoms with Crippen LogP contribution in [-0.2, 0) is 16.0 Å². The summed E-state index contributed by atoms with van der Waals surface area (Å²) in [7, 11) is 0. The van der Waals surface area contributed by atoms with E-state index in [0.29, 0.717) is 55.1 Å². The highest BCUT2D eigenvalue weighted by molar-refractivity contribution is 6.35. The van der Waals surface area contributed by atoms with Crippen molar-refractivity contribution in [3.63, 3.8) is 0 Å². The fourth-order valence-electron chi connectivity index (χ4n) is 2.15. The molecule has 1 aromatic carbocycles. The minimum absolute atomic E-state index is 0.0566. The Morgan fingerprint density at radius 1 is 1.33 bits per heavy atom. The average molecular weight is 333 g/mol. The molecule has 0 aromatic heterocycles. The van der Waals surface area contributed by atoms with E-state index in [1.807, 2.05) is 0 Å². The second-order valence-corrected chi connectivity index (χ2v) is 5.54. The van der Waals surface area contributed by atoms with Gasteiger partial charge in [0.2, 0.25) is 0 Å². The lowest BCUT2D eigenvalue weighted by Crippen LogP contribution is -2.43. The lowest BCUT2D eigenvalue weighted by Gasteiger charge is -2.27. The summed E-state index contributed by atoms with van der Waals surface area (Å²) < 4.78 is 10.8. The SMILES string of the molecule is NCCc1cc(Cl)cc(Cl)c1OCC(=O)N1CCOCC1. The van der Waals surface area contributed by atoms with Crippen molar-refractivity contribution >= 4 is 29.1 Å². The monoisotopic (exact) mass is 332 g/mol. The van der Waals surface area contributed by atoms with Gasteiger partial charge >= 0.3 is 0 Å². The third-order valence-corrected chi connectivity index (χ3v) is 3.70. The highest BCUT2D eigenvalue weighted by atomic mass is 35.5. The molecule has 21 heavy (non-hydrogen) atoms. The molecule has 0 unspecified atom stereocenters. The normalized spacial score (nSPS) is 15.1. The van der Waals surface area contributed by atoms with E-state index in [1.165, 1.54) is 0 Å². The van der Waals surface area contributed by atoms with Crippen molar-refractivity contribution in [1.29, 1.82) is 0 Å². The molecule has 1 aliphatic rings. The van der Waals surface area contributed by atoms with Crippen LogP contribution in [0.4, 0.5) is 0 Å². The van der Waals surface area contributed by atoms with Gasteiger partial charge in [-0.2, -0.15) is 0 Å². The van der Waals surface area contributed by atoms with Gasteiger partial charge in [-0.1, -0.05) is 23.2 Å². The van der Waals surface area contributed by atoms with Crippen LogP contribution < -0.4 is 10.5 Å². The van der Waals surface area contributed by atoms with E-state index in [0.717, 1.165) is 5.56 Å². The second-order valence-electron chi connectivity index (χ2n) is 4.70. The summed E-state index contributed by atoms with van der Waals surface area (Å²) in [6.45, 7) is 2.69. The summed E-state index contributed by atoms with van der Waals surface area (Å²) in [5.74, 6) is 0.399. The van der Waals surface area contributed by atoms with E-state index in [-0.39, 0.29) is 12.5 Å². The Balaban J connectivity index is 2.03. The van der Waals surface area contributed by atoms with Crippen LogP contribution >= 0.6 is 23.2 Å². The fraction of sp³-hybridized carbons (Fsp3) is 0.500. The van der Waals surface area contributed by atoms with E-state index in [9.17, 15) is 4.79 Å². The van der Waals surface area contributed by atoms with Gasteiger partial charge in [-0.3, -0.25) is 4.79 Å². The Hall–Kier alpha value is -1.01. The molecule has 7 heteroatoms. The van der Waals surface area contributed by atoms with Gasteiger partial charge in [0.25, 0.3) is 5.91 Å². The molecule has 2 rings (SSSR count). The Kier molecular flexibility index (Phi) is 6.11. The zero-order valence-electron chi connectivity index (χ0n) is 11.6. The number of hydrogen-bond acceptors (Lipinski definition) is 4. The van der Waals surface area contributed by atoms with Gasteiger partial charge in [0, 0.05) is 18.1 Å². The molecule has 1 aromatic rings. The lowest BCUT2D eigenvalue weighted by molar-refractivity contribution is -0.137. The molecule has 1 aliphatic heterocycles. The van der Waals surface area contributed by atoms with Crippen molar-refractivity contribution in [2.24, 2.45) is 5.73 Å². The molecule has 1 heterocycles. The molecular formula is C14H18Cl2N2O3. The first-order valence-electron chi connectivity index (χ1n) is 6.78. The van der Waals surface area contributed by atoms with Gasteiger partial charge in [-0.15, -0.1) is 0 Å². The first-order chi connectivity index (χ1) is 10.1. The Morgan fingerprint density at radius 3 is 2.71 bits per heavy atom.